The fourth-order valence-corrected chi connectivity index (χ4v) is 4.38. The van der Waals surface area contributed by atoms with Crippen LogP contribution in [0, 0.1) is 12.3 Å². The van der Waals surface area contributed by atoms with E-state index in [1.54, 1.807) is 0 Å². The Morgan fingerprint density at radius 1 is 1.42 bits per heavy atom. The van der Waals surface area contributed by atoms with Gasteiger partial charge in [0.2, 0.25) is 0 Å². The number of fused-ring (bicyclic) bond motifs is 3. The van der Waals surface area contributed by atoms with Gasteiger partial charge in [0.25, 0.3) is 0 Å². The monoisotopic (exact) mass is 328 g/mol. The van der Waals surface area contributed by atoms with Crippen LogP contribution >= 0.6 is 0 Å². The van der Waals surface area contributed by atoms with E-state index in [9.17, 15) is 5.11 Å². The van der Waals surface area contributed by atoms with Gasteiger partial charge in [0, 0.05) is 47.8 Å². The lowest BCUT2D eigenvalue weighted by atomic mass is 9.83. The number of aliphatic hydroxyl groups is 1. The average molecular weight is 328 g/mol. The zero-order valence-corrected chi connectivity index (χ0v) is 14.5. The Balaban J connectivity index is 1.48. The van der Waals surface area contributed by atoms with Crippen LogP contribution in [0.25, 0.3) is 10.9 Å². The van der Waals surface area contributed by atoms with Crippen molar-refractivity contribution in [2.75, 3.05) is 26.4 Å². The Hall–Kier alpha value is -1.36. The first-order chi connectivity index (χ1) is 11.7. The number of aryl methyl sites for hydroxylation is 2. The quantitative estimate of drug-likeness (QED) is 0.791. The van der Waals surface area contributed by atoms with Crippen molar-refractivity contribution in [2.24, 2.45) is 5.41 Å². The van der Waals surface area contributed by atoms with Gasteiger partial charge in [-0.25, -0.2) is 0 Å². The van der Waals surface area contributed by atoms with Crippen LogP contribution in [0.2, 0.25) is 0 Å². The number of hydrogen-bond acceptors (Lipinski definition) is 3. The summed E-state index contributed by atoms with van der Waals surface area (Å²) in [6.07, 6.45) is 5.28. The molecule has 1 aliphatic carbocycles. The number of ether oxygens (including phenoxy) is 1. The van der Waals surface area contributed by atoms with Gasteiger partial charge in [0.15, 0.2) is 0 Å². The maximum Gasteiger partial charge on any atom is 0.0536 e. The zero-order valence-electron chi connectivity index (χ0n) is 14.5. The molecule has 2 heterocycles. The fraction of sp³-hybridized carbons (Fsp3) is 0.600. The predicted octanol–water partition coefficient (Wildman–Crippen LogP) is 2.71. The molecule has 1 aromatic carbocycles. The Kier molecular flexibility index (Phi) is 4.37. The van der Waals surface area contributed by atoms with Gasteiger partial charge >= 0.3 is 0 Å². The van der Waals surface area contributed by atoms with Gasteiger partial charge in [0.05, 0.1) is 6.61 Å². The average Bonchev–Trinajstić information content (AvgIpc) is 3.18. The minimum Gasteiger partial charge on any atom is -0.396 e. The third-order valence-electron chi connectivity index (χ3n) is 5.94. The number of hydrogen-bond donors (Lipinski definition) is 3. The maximum absolute atomic E-state index is 9.39. The molecule has 24 heavy (non-hydrogen) atoms. The molecule has 2 unspecified atom stereocenters. The summed E-state index contributed by atoms with van der Waals surface area (Å²) < 4.78 is 5.61. The molecule has 0 bridgehead atoms. The number of aromatic amines is 1. The number of aliphatic hydroxyl groups excluding tert-OH is 1. The normalized spacial score (nSPS) is 26.8. The van der Waals surface area contributed by atoms with Gasteiger partial charge in [-0.15, -0.1) is 0 Å². The van der Waals surface area contributed by atoms with E-state index in [1.807, 2.05) is 0 Å². The van der Waals surface area contributed by atoms with E-state index in [1.165, 1.54) is 34.1 Å². The van der Waals surface area contributed by atoms with E-state index in [0.29, 0.717) is 6.04 Å². The zero-order chi connectivity index (χ0) is 16.6. The number of H-pyrrole nitrogens is 1. The summed E-state index contributed by atoms with van der Waals surface area (Å²) in [7, 11) is 0. The maximum atomic E-state index is 9.39. The van der Waals surface area contributed by atoms with Crippen LogP contribution < -0.4 is 5.32 Å². The first-order valence-electron chi connectivity index (χ1n) is 9.21. The Labute approximate surface area is 143 Å². The first-order valence-corrected chi connectivity index (χ1v) is 9.21. The van der Waals surface area contributed by atoms with Crippen LogP contribution in [0.4, 0.5) is 0 Å². The lowest BCUT2D eigenvalue weighted by Gasteiger charge is -2.31. The van der Waals surface area contributed by atoms with Crippen LogP contribution in [-0.4, -0.2) is 42.5 Å². The van der Waals surface area contributed by atoms with Crippen molar-refractivity contribution in [1.82, 2.24) is 10.3 Å². The van der Waals surface area contributed by atoms with E-state index < -0.39 is 0 Å². The molecule has 0 radical (unpaired) electrons. The fourth-order valence-electron chi connectivity index (χ4n) is 4.38. The summed E-state index contributed by atoms with van der Waals surface area (Å²) in [5.41, 5.74) is 5.64. The highest BCUT2D eigenvalue weighted by Gasteiger charge is 2.35. The standard InChI is InChI=1S/C20H28N2O2/c1-14-2-4-18-16(10-14)17-11-15(3-5-19(17)22-18)21-12-20(6-8-23)7-9-24-13-20/h2,4,10,15,21-23H,3,5-9,11-13H2,1H3. The van der Waals surface area contributed by atoms with Crippen molar-refractivity contribution >= 4 is 10.9 Å². The molecule has 0 spiro atoms. The summed E-state index contributed by atoms with van der Waals surface area (Å²) in [5.74, 6) is 0. The van der Waals surface area contributed by atoms with Crippen molar-refractivity contribution in [3.8, 4) is 0 Å². The summed E-state index contributed by atoms with van der Waals surface area (Å²) in [6, 6.07) is 7.22. The molecule has 1 aromatic heterocycles. The molecule has 3 N–H and O–H groups in total. The van der Waals surface area contributed by atoms with Gasteiger partial charge in [-0.2, -0.15) is 0 Å². The molecule has 1 aliphatic heterocycles. The summed E-state index contributed by atoms with van der Waals surface area (Å²) in [4.78, 5) is 3.61. The number of rotatable bonds is 5. The highest BCUT2D eigenvalue weighted by molar-refractivity contribution is 5.85. The van der Waals surface area contributed by atoms with Crippen molar-refractivity contribution in [3.63, 3.8) is 0 Å². The highest BCUT2D eigenvalue weighted by Crippen LogP contribution is 2.33. The molecule has 4 nitrogen and oxygen atoms in total. The largest absolute Gasteiger partial charge is 0.396 e. The van der Waals surface area contributed by atoms with Crippen molar-refractivity contribution in [2.45, 2.75) is 45.1 Å². The molecule has 1 fully saturated rings. The van der Waals surface area contributed by atoms with Gasteiger partial charge in [-0.1, -0.05) is 11.6 Å². The van der Waals surface area contributed by atoms with E-state index in [4.69, 9.17) is 4.74 Å². The molecular formula is C20H28N2O2. The second-order valence-electron chi connectivity index (χ2n) is 7.73. The predicted molar refractivity (Wildman–Crippen MR) is 96.4 cm³/mol. The van der Waals surface area contributed by atoms with E-state index in [-0.39, 0.29) is 12.0 Å². The molecule has 0 saturated carbocycles. The van der Waals surface area contributed by atoms with Crippen molar-refractivity contribution in [3.05, 3.63) is 35.0 Å². The molecule has 130 valence electrons. The molecule has 4 heteroatoms. The van der Waals surface area contributed by atoms with Crippen molar-refractivity contribution in [1.29, 1.82) is 0 Å². The van der Waals surface area contributed by atoms with Crippen LogP contribution in [0.3, 0.4) is 0 Å². The summed E-state index contributed by atoms with van der Waals surface area (Å²) in [5, 5.41) is 14.6. The topological polar surface area (TPSA) is 57.3 Å². The highest BCUT2D eigenvalue weighted by atomic mass is 16.5. The Bertz CT molecular complexity index is 716. The van der Waals surface area contributed by atoms with Crippen LogP contribution in [0.1, 0.15) is 36.1 Å². The molecule has 2 atom stereocenters. The smallest absolute Gasteiger partial charge is 0.0536 e. The third-order valence-corrected chi connectivity index (χ3v) is 5.94. The third kappa shape index (κ3) is 2.99. The summed E-state index contributed by atoms with van der Waals surface area (Å²) >= 11 is 0. The first kappa shape index (κ1) is 16.1. The lowest BCUT2D eigenvalue weighted by Crippen LogP contribution is -2.43. The van der Waals surface area contributed by atoms with Gasteiger partial charge in [0.1, 0.15) is 0 Å². The minimum absolute atomic E-state index is 0.131. The molecule has 2 aromatic rings. The molecular weight excluding hydrogens is 300 g/mol. The minimum atomic E-state index is 0.131. The molecule has 4 rings (SSSR count). The van der Waals surface area contributed by atoms with E-state index in [0.717, 1.165) is 45.4 Å². The molecule has 2 aliphatic rings. The SMILES string of the molecule is Cc1ccc2[nH]c3c(c2c1)CC(NCC1(CCO)CCOC1)CC3. The van der Waals surface area contributed by atoms with Crippen LogP contribution in [-0.2, 0) is 17.6 Å². The second-order valence-corrected chi connectivity index (χ2v) is 7.73. The molecule has 1 saturated heterocycles. The Morgan fingerprint density at radius 2 is 2.33 bits per heavy atom. The van der Waals surface area contributed by atoms with E-state index >= 15 is 0 Å². The van der Waals surface area contributed by atoms with Gasteiger partial charge < -0.3 is 20.1 Å². The second kappa shape index (κ2) is 6.51. The molecule has 0 amide bonds. The van der Waals surface area contributed by atoms with Crippen LogP contribution in [0.5, 0.6) is 0 Å². The number of benzene rings is 1. The Morgan fingerprint density at radius 3 is 3.12 bits per heavy atom. The van der Waals surface area contributed by atoms with Gasteiger partial charge in [-0.05, 0) is 56.7 Å². The van der Waals surface area contributed by atoms with Gasteiger partial charge in [-0.3, -0.25) is 0 Å². The van der Waals surface area contributed by atoms with E-state index in [2.05, 4.69) is 35.4 Å². The number of nitrogens with one attached hydrogen (secondary N) is 2. The lowest BCUT2D eigenvalue weighted by molar-refractivity contribution is 0.121. The number of aromatic nitrogens is 1. The summed E-state index contributed by atoms with van der Waals surface area (Å²) in [6.45, 7) is 4.98. The van der Waals surface area contributed by atoms with Crippen molar-refractivity contribution < 1.29 is 9.84 Å². The van der Waals surface area contributed by atoms with Crippen LogP contribution in [0.15, 0.2) is 18.2 Å².